The van der Waals surface area contributed by atoms with Crippen LogP contribution in [0.2, 0.25) is 0 Å². The summed E-state index contributed by atoms with van der Waals surface area (Å²) in [6.07, 6.45) is 0. The first-order chi connectivity index (χ1) is 13.5. The molecule has 0 radical (unpaired) electrons. The second kappa shape index (κ2) is 8.71. The van der Waals surface area contributed by atoms with Gasteiger partial charge in [0.25, 0.3) is 11.8 Å². The van der Waals surface area contributed by atoms with Crippen LogP contribution in [0.3, 0.4) is 0 Å². The second-order valence-electron chi connectivity index (χ2n) is 6.08. The number of amides is 2. The number of para-hydroxylation sites is 1. The molecule has 0 bridgehead atoms. The van der Waals surface area contributed by atoms with Crippen molar-refractivity contribution in [3.8, 4) is 5.75 Å². The predicted molar refractivity (Wildman–Crippen MR) is 114 cm³/mol. The second-order valence-corrected chi connectivity index (χ2v) is 6.94. The smallest absolute Gasteiger partial charge is 0.258 e. The van der Waals surface area contributed by atoms with Crippen molar-refractivity contribution < 1.29 is 14.3 Å². The lowest BCUT2D eigenvalue weighted by molar-refractivity contribution is 0.0990. The molecule has 28 heavy (non-hydrogen) atoms. The van der Waals surface area contributed by atoms with Gasteiger partial charge in [-0.15, -0.1) is 0 Å². The van der Waals surface area contributed by atoms with Gasteiger partial charge in [0.2, 0.25) is 0 Å². The summed E-state index contributed by atoms with van der Waals surface area (Å²) in [6, 6.07) is 21.3. The van der Waals surface area contributed by atoms with Gasteiger partial charge in [0.05, 0.1) is 11.6 Å². The highest BCUT2D eigenvalue weighted by molar-refractivity contribution is 9.10. The molecule has 0 aromatic heterocycles. The van der Waals surface area contributed by atoms with Crippen LogP contribution in [0.1, 0.15) is 20.7 Å². The molecule has 0 spiro atoms. The maximum atomic E-state index is 12.8. The molecule has 0 aliphatic carbocycles. The van der Waals surface area contributed by atoms with Gasteiger partial charge >= 0.3 is 0 Å². The molecule has 0 aliphatic rings. The van der Waals surface area contributed by atoms with Crippen molar-refractivity contribution in [3.05, 3.63) is 88.4 Å². The molecule has 3 aromatic carbocycles. The lowest BCUT2D eigenvalue weighted by atomic mass is 10.1. The predicted octanol–water partition coefficient (Wildman–Crippen LogP) is 4.99. The summed E-state index contributed by atoms with van der Waals surface area (Å²) in [5.74, 6) is 0.215. The Hall–Kier alpha value is -3.12. The average Bonchev–Trinajstić information content (AvgIpc) is 2.73. The Morgan fingerprint density at radius 1 is 0.929 bits per heavy atom. The van der Waals surface area contributed by atoms with Crippen LogP contribution in [-0.4, -0.2) is 26.0 Å². The first-order valence-electron chi connectivity index (χ1n) is 8.57. The van der Waals surface area contributed by atoms with E-state index in [1.807, 2.05) is 30.3 Å². The van der Waals surface area contributed by atoms with Crippen LogP contribution < -0.4 is 15.0 Å². The Bertz CT molecular complexity index is 1010. The van der Waals surface area contributed by atoms with Crippen molar-refractivity contribution in [2.24, 2.45) is 0 Å². The van der Waals surface area contributed by atoms with E-state index >= 15 is 0 Å². The number of ether oxygens (including phenoxy) is 1. The monoisotopic (exact) mass is 438 g/mol. The van der Waals surface area contributed by atoms with Crippen molar-refractivity contribution in [1.82, 2.24) is 0 Å². The Labute approximate surface area is 172 Å². The molecule has 3 aromatic rings. The van der Waals surface area contributed by atoms with Crippen LogP contribution in [0, 0.1) is 0 Å². The molecular formula is C22H19BrN2O3. The number of hydrogen-bond donors (Lipinski definition) is 1. The quantitative estimate of drug-likeness (QED) is 0.610. The minimum atomic E-state index is -0.274. The van der Waals surface area contributed by atoms with Crippen molar-refractivity contribution >= 4 is 39.1 Å². The topological polar surface area (TPSA) is 58.6 Å². The van der Waals surface area contributed by atoms with Crippen molar-refractivity contribution in [1.29, 1.82) is 0 Å². The van der Waals surface area contributed by atoms with Crippen LogP contribution in [-0.2, 0) is 0 Å². The summed E-state index contributed by atoms with van der Waals surface area (Å²) < 4.78 is 5.87. The Morgan fingerprint density at radius 3 is 2.36 bits per heavy atom. The number of nitrogens with zero attached hydrogens (tertiary/aromatic N) is 1. The number of carbonyl (C=O) groups is 2. The van der Waals surface area contributed by atoms with Gasteiger partial charge in [-0.3, -0.25) is 9.59 Å². The third-order valence-corrected chi connectivity index (χ3v) is 4.85. The average molecular weight is 439 g/mol. The fraction of sp³-hybridized carbons (Fsp3) is 0.0909. The van der Waals surface area contributed by atoms with Gasteiger partial charge in [0.1, 0.15) is 5.75 Å². The summed E-state index contributed by atoms with van der Waals surface area (Å²) >= 11 is 3.37. The molecule has 3 rings (SSSR count). The number of carbonyl (C=O) groups excluding carboxylic acids is 2. The zero-order valence-electron chi connectivity index (χ0n) is 15.5. The minimum Gasteiger partial charge on any atom is -0.496 e. The standard InChI is InChI=1S/C22H19BrN2O3/c1-25(18-9-4-3-5-10-18)22(27)16-7-6-8-17(13-16)24-21(26)15-11-12-20(28-2)19(23)14-15/h3-14H,1-2H3,(H,24,26). The van der Waals surface area contributed by atoms with Gasteiger partial charge < -0.3 is 15.0 Å². The number of benzene rings is 3. The van der Waals surface area contributed by atoms with Crippen LogP contribution in [0.5, 0.6) is 5.75 Å². The molecule has 2 amide bonds. The normalized spacial score (nSPS) is 10.2. The SMILES string of the molecule is COc1ccc(C(=O)Nc2cccc(C(=O)N(C)c3ccccc3)c2)cc1Br. The lowest BCUT2D eigenvalue weighted by Crippen LogP contribution is -2.26. The highest BCUT2D eigenvalue weighted by Gasteiger charge is 2.15. The third-order valence-electron chi connectivity index (χ3n) is 4.23. The van der Waals surface area contributed by atoms with Crippen molar-refractivity contribution in [2.75, 3.05) is 24.4 Å². The van der Waals surface area contributed by atoms with Gasteiger partial charge in [-0.05, 0) is 64.5 Å². The number of methoxy groups -OCH3 is 1. The molecule has 1 N–H and O–H groups in total. The van der Waals surface area contributed by atoms with Gasteiger partial charge in [0.15, 0.2) is 0 Å². The number of halogens is 1. The van der Waals surface area contributed by atoms with E-state index in [9.17, 15) is 9.59 Å². The van der Waals surface area contributed by atoms with Crippen molar-refractivity contribution in [2.45, 2.75) is 0 Å². The number of hydrogen-bond acceptors (Lipinski definition) is 3. The zero-order chi connectivity index (χ0) is 20.1. The highest BCUT2D eigenvalue weighted by Crippen LogP contribution is 2.26. The van der Waals surface area contributed by atoms with E-state index < -0.39 is 0 Å². The molecular weight excluding hydrogens is 420 g/mol. The first-order valence-corrected chi connectivity index (χ1v) is 9.37. The summed E-state index contributed by atoms with van der Waals surface area (Å²) in [5, 5.41) is 2.83. The highest BCUT2D eigenvalue weighted by atomic mass is 79.9. The third kappa shape index (κ3) is 4.40. The number of rotatable bonds is 5. The Kier molecular flexibility index (Phi) is 6.11. The fourth-order valence-electron chi connectivity index (χ4n) is 2.70. The molecule has 5 nitrogen and oxygen atoms in total. The van der Waals surface area contributed by atoms with Gasteiger partial charge in [-0.1, -0.05) is 24.3 Å². The van der Waals surface area contributed by atoms with E-state index in [1.165, 1.54) is 0 Å². The van der Waals surface area contributed by atoms with E-state index in [1.54, 1.807) is 61.5 Å². The maximum Gasteiger partial charge on any atom is 0.258 e. The van der Waals surface area contributed by atoms with Crippen molar-refractivity contribution in [3.63, 3.8) is 0 Å². The van der Waals surface area contributed by atoms with Crippen LogP contribution >= 0.6 is 15.9 Å². The van der Waals surface area contributed by atoms with E-state index in [2.05, 4.69) is 21.2 Å². The van der Waals surface area contributed by atoms with Gasteiger partial charge in [-0.2, -0.15) is 0 Å². The Balaban J connectivity index is 1.77. The lowest BCUT2D eigenvalue weighted by Gasteiger charge is -2.17. The van der Waals surface area contributed by atoms with E-state index in [0.29, 0.717) is 27.0 Å². The molecule has 0 saturated heterocycles. The molecule has 0 heterocycles. The van der Waals surface area contributed by atoms with Crippen LogP contribution in [0.15, 0.2) is 77.3 Å². The fourth-order valence-corrected chi connectivity index (χ4v) is 3.24. The van der Waals surface area contributed by atoms with E-state index in [-0.39, 0.29) is 11.8 Å². The molecule has 0 aliphatic heterocycles. The summed E-state index contributed by atoms with van der Waals surface area (Å²) in [4.78, 5) is 26.9. The number of anilines is 2. The number of nitrogens with one attached hydrogen (secondary N) is 1. The van der Waals surface area contributed by atoms with Crippen LogP contribution in [0.25, 0.3) is 0 Å². The molecule has 0 atom stereocenters. The van der Waals surface area contributed by atoms with Gasteiger partial charge in [-0.25, -0.2) is 0 Å². The molecule has 0 fully saturated rings. The van der Waals surface area contributed by atoms with Gasteiger partial charge in [0, 0.05) is 29.5 Å². The van der Waals surface area contributed by atoms with E-state index in [4.69, 9.17) is 4.74 Å². The van der Waals surface area contributed by atoms with E-state index in [0.717, 1.165) is 5.69 Å². The maximum absolute atomic E-state index is 12.8. The molecule has 0 saturated carbocycles. The molecule has 6 heteroatoms. The molecule has 0 unspecified atom stereocenters. The summed E-state index contributed by atoms with van der Waals surface area (Å²) in [7, 11) is 3.28. The summed E-state index contributed by atoms with van der Waals surface area (Å²) in [6.45, 7) is 0. The minimum absolute atomic E-state index is 0.158. The van der Waals surface area contributed by atoms with Crippen LogP contribution in [0.4, 0.5) is 11.4 Å². The summed E-state index contributed by atoms with van der Waals surface area (Å²) in [5.41, 5.74) is 2.31. The Morgan fingerprint density at radius 2 is 1.68 bits per heavy atom. The zero-order valence-corrected chi connectivity index (χ0v) is 17.1. The largest absolute Gasteiger partial charge is 0.496 e. The molecule has 142 valence electrons. The first kappa shape index (κ1) is 19.6.